The van der Waals surface area contributed by atoms with Gasteiger partial charge in [0, 0.05) is 7.05 Å². The van der Waals surface area contributed by atoms with E-state index in [0.29, 0.717) is 5.92 Å². The number of hydrogen-bond acceptors (Lipinski definition) is 3. The minimum atomic E-state index is -0.00685. The van der Waals surface area contributed by atoms with Crippen molar-refractivity contribution in [3.63, 3.8) is 0 Å². The summed E-state index contributed by atoms with van der Waals surface area (Å²) >= 11 is 1.62. The van der Waals surface area contributed by atoms with Crippen LogP contribution in [0.15, 0.2) is 5.03 Å². The van der Waals surface area contributed by atoms with E-state index in [1.807, 2.05) is 18.7 Å². The first kappa shape index (κ1) is 11.5. The summed E-state index contributed by atoms with van der Waals surface area (Å²) in [6, 6.07) is 0. The van der Waals surface area contributed by atoms with E-state index in [2.05, 4.69) is 24.3 Å². The lowest BCUT2D eigenvalue weighted by Gasteiger charge is -2.25. The third-order valence-electron chi connectivity index (χ3n) is 2.75. The molecule has 0 saturated heterocycles. The number of fused-ring (bicyclic) bond motifs is 1. The molecule has 0 saturated carbocycles. The second-order valence-electron chi connectivity index (χ2n) is 4.38. The fourth-order valence-corrected chi connectivity index (χ4v) is 3.04. The molecule has 1 aromatic rings. The number of rotatable bonds is 2. The van der Waals surface area contributed by atoms with Gasteiger partial charge in [0.2, 0.25) is 5.91 Å². The van der Waals surface area contributed by atoms with E-state index in [1.165, 1.54) is 0 Å². The van der Waals surface area contributed by atoms with Gasteiger partial charge >= 0.3 is 0 Å². The van der Waals surface area contributed by atoms with Crippen molar-refractivity contribution in [3.05, 3.63) is 5.69 Å². The molecule has 1 amide bonds. The molecule has 0 aromatic carbocycles. The van der Waals surface area contributed by atoms with Crippen LogP contribution in [0.25, 0.3) is 0 Å². The molecule has 0 aliphatic carbocycles. The maximum Gasteiger partial charge on any atom is 0.238 e. The molecule has 5 heteroatoms. The number of nitrogens with one attached hydrogen (secondary N) is 1. The average Bonchev–Trinajstić information content (AvgIpc) is 2.53. The fraction of sp³-hybridized carbons (Fsp3) is 0.636. The van der Waals surface area contributed by atoms with Crippen LogP contribution < -0.4 is 5.32 Å². The van der Waals surface area contributed by atoms with Gasteiger partial charge in [-0.15, -0.1) is 0 Å². The molecule has 1 aliphatic heterocycles. The highest BCUT2D eigenvalue weighted by molar-refractivity contribution is 8.00. The minimum Gasteiger partial charge on any atom is -0.321 e. The van der Waals surface area contributed by atoms with Crippen molar-refractivity contribution in [2.75, 3.05) is 5.32 Å². The van der Waals surface area contributed by atoms with E-state index in [4.69, 9.17) is 0 Å². The van der Waals surface area contributed by atoms with Crippen LogP contribution in [0.3, 0.4) is 0 Å². The zero-order chi connectivity index (χ0) is 11.9. The van der Waals surface area contributed by atoms with Gasteiger partial charge in [0.05, 0.1) is 16.6 Å². The summed E-state index contributed by atoms with van der Waals surface area (Å²) in [5.74, 6) is 0.438. The monoisotopic (exact) mass is 239 g/mol. The van der Waals surface area contributed by atoms with Gasteiger partial charge in [0.25, 0.3) is 0 Å². The topological polar surface area (TPSA) is 46.9 Å². The molecule has 4 nitrogen and oxygen atoms in total. The van der Waals surface area contributed by atoms with E-state index in [0.717, 1.165) is 22.8 Å². The Kier molecular flexibility index (Phi) is 2.97. The third-order valence-corrected chi connectivity index (χ3v) is 4.46. The third kappa shape index (κ3) is 1.73. The molecule has 2 heterocycles. The largest absolute Gasteiger partial charge is 0.321 e. The number of carbonyl (C=O) groups is 1. The van der Waals surface area contributed by atoms with Crippen LogP contribution in [0.5, 0.6) is 0 Å². The summed E-state index contributed by atoms with van der Waals surface area (Å²) in [6.07, 6.45) is 0.844. The van der Waals surface area contributed by atoms with Crippen LogP contribution in [0.4, 0.5) is 5.69 Å². The highest BCUT2D eigenvalue weighted by Gasteiger charge is 2.33. The number of carbonyl (C=O) groups excluding carboxylic acids is 1. The second kappa shape index (κ2) is 4.13. The van der Waals surface area contributed by atoms with E-state index in [9.17, 15) is 4.79 Å². The molecule has 0 bridgehead atoms. The summed E-state index contributed by atoms with van der Waals surface area (Å²) in [5, 5.41) is 8.48. The van der Waals surface area contributed by atoms with Crippen molar-refractivity contribution in [3.8, 4) is 0 Å². The number of amides is 1. The van der Waals surface area contributed by atoms with Crippen LogP contribution in [-0.2, 0) is 18.3 Å². The standard InChI is InChI=1S/C11H17N3OS/c1-5-7-8-11(14(4)13-7)16-9(6(2)3)10(15)12-8/h6,9H,5H2,1-4H3,(H,12,15). The van der Waals surface area contributed by atoms with Crippen LogP contribution in [0.1, 0.15) is 26.5 Å². The Labute approximate surface area is 99.8 Å². The molecule has 1 aromatic heterocycles. The lowest BCUT2D eigenvalue weighted by Crippen LogP contribution is -2.33. The minimum absolute atomic E-state index is 0.00685. The maximum absolute atomic E-state index is 11.9. The van der Waals surface area contributed by atoms with Crippen molar-refractivity contribution < 1.29 is 4.79 Å². The summed E-state index contributed by atoms with van der Waals surface area (Å²) < 4.78 is 1.87. The van der Waals surface area contributed by atoms with Crippen LogP contribution in [0.2, 0.25) is 0 Å². The van der Waals surface area contributed by atoms with Crippen molar-refractivity contribution in [2.45, 2.75) is 37.5 Å². The van der Waals surface area contributed by atoms with E-state index in [-0.39, 0.29) is 11.2 Å². The lowest BCUT2D eigenvalue weighted by molar-refractivity contribution is -0.116. The van der Waals surface area contributed by atoms with Crippen LogP contribution in [-0.4, -0.2) is 20.9 Å². The van der Waals surface area contributed by atoms with E-state index >= 15 is 0 Å². The average molecular weight is 239 g/mol. The highest BCUT2D eigenvalue weighted by atomic mass is 32.2. The summed E-state index contributed by atoms with van der Waals surface area (Å²) in [5.41, 5.74) is 1.89. The summed E-state index contributed by atoms with van der Waals surface area (Å²) in [6.45, 7) is 6.19. The van der Waals surface area contributed by atoms with Gasteiger partial charge in [0.1, 0.15) is 5.03 Å². The number of thioether (sulfide) groups is 1. The van der Waals surface area contributed by atoms with Gasteiger partial charge in [0.15, 0.2) is 0 Å². The highest BCUT2D eigenvalue weighted by Crippen LogP contribution is 2.39. The van der Waals surface area contributed by atoms with Gasteiger partial charge in [-0.3, -0.25) is 9.48 Å². The molecular formula is C11H17N3OS. The predicted molar refractivity (Wildman–Crippen MR) is 65.7 cm³/mol. The number of nitrogens with zero attached hydrogens (tertiary/aromatic N) is 2. The first-order chi connectivity index (χ1) is 7.54. The SMILES string of the molecule is CCc1nn(C)c2c1NC(=O)C(C(C)C)S2. The Hall–Kier alpha value is -0.970. The molecular weight excluding hydrogens is 222 g/mol. The Morgan fingerprint density at radius 1 is 1.56 bits per heavy atom. The number of hydrogen-bond donors (Lipinski definition) is 1. The quantitative estimate of drug-likeness (QED) is 0.859. The maximum atomic E-state index is 11.9. The number of aryl methyl sites for hydroxylation is 2. The van der Waals surface area contributed by atoms with Crippen LogP contribution >= 0.6 is 11.8 Å². The smallest absolute Gasteiger partial charge is 0.238 e. The number of aromatic nitrogens is 2. The summed E-state index contributed by atoms with van der Waals surface area (Å²) in [4.78, 5) is 11.9. The molecule has 0 fully saturated rings. The molecule has 0 spiro atoms. The van der Waals surface area contributed by atoms with Gasteiger partial charge in [-0.25, -0.2) is 0 Å². The van der Waals surface area contributed by atoms with Crippen molar-refractivity contribution in [1.29, 1.82) is 0 Å². The number of anilines is 1. The van der Waals surface area contributed by atoms with Gasteiger partial charge < -0.3 is 5.32 Å². The summed E-state index contributed by atoms with van der Waals surface area (Å²) in [7, 11) is 1.93. The Morgan fingerprint density at radius 2 is 2.25 bits per heavy atom. The first-order valence-electron chi connectivity index (χ1n) is 5.58. The first-order valence-corrected chi connectivity index (χ1v) is 6.46. The Morgan fingerprint density at radius 3 is 2.81 bits per heavy atom. The molecule has 1 aliphatic rings. The Balaban J connectivity index is 2.40. The lowest BCUT2D eigenvalue weighted by atomic mass is 10.1. The molecule has 1 unspecified atom stereocenters. The van der Waals surface area contributed by atoms with Crippen molar-refractivity contribution in [2.24, 2.45) is 13.0 Å². The van der Waals surface area contributed by atoms with Crippen LogP contribution in [0, 0.1) is 5.92 Å². The molecule has 1 N–H and O–H groups in total. The normalized spacial score (nSPS) is 19.8. The molecule has 88 valence electrons. The molecule has 1 atom stereocenters. The molecule has 0 radical (unpaired) electrons. The molecule has 16 heavy (non-hydrogen) atoms. The van der Waals surface area contributed by atoms with Gasteiger partial charge in [-0.2, -0.15) is 5.10 Å². The van der Waals surface area contributed by atoms with Crippen molar-refractivity contribution >= 4 is 23.4 Å². The predicted octanol–water partition coefficient (Wildman–Crippen LogP) is 2.05. The van der Waals surface area contributed by atoms with Crippen molar-refractivity contribution in [1.82, 2.24) is 9.78 Å². The van der Waals surface area contributed by atoms with Gasteiger partial charge in [-0.1, -0.05) is 32.5 Å². The van der Waals surface area contributed by atoms with Gasteiger partial charge in [-0.05, 0) is 12.3 Å². The van der Waals surface area contributed by atoms with E-state index < -0.39 is 0 Å². The zero-order valence-electron chi connectivity index (χ0n) is 10.1. The molecule has 2 rings (SSSR count). The van der Waals surface area contributed by atoms with E-state index in [1.54, 1.807) is 11.8 Å². The second-order valence-corrected chi connectivity index (χ2v) is 5.51. The zero-order valence-corrected chi connectivity index (χ0v) is 10.9. The Bertz CT molecular complexity index is 425. The fourth-order valence-electron chi connectivity index (χ4n) is 1.88.